The van der Waals surface area contributed by atoms with Gasteiger partial charge >= 0.3 is 0 Å². The number of nitrogens with one attached hydrogen (secondary N) is 1. The number of hydrogen-bond donors (Lipinski definition) is 2. The van der Waals surface area contributed by atoms with Crippen molar-refractivity contribution in [3.63, 3.8) is 0 Å². The Kier molecular flexibility index (Phi) is 5.68. The largest absolute Gasteiger partial charge is 0.507 e. The Labute approximate surface area is 140 Å². The molecule has 2 N–H and O–H groups in total. The lowest BCUT2D eigenvalue weighted by Crippen LogP contribution is -2.21. The summed E-state index contributed by atoms with van der Waals surface area (Å²) in [5.41, 5.74) is 2.51. The molecule has 0 atom stereocenters. The fourth-order valence-electron chi connectivity index (χ4n) is 2.79. The number of benzene rings is 1. The van der Waals surface area contributed by atoms with E-state index >= 15 is 0 Å². The van der Waals surface area contributed by atoms with Gasteiger partial charge in [0.05, 0.1) is 0 Å². The first kappa shape index (κ1) is 19.3. The number of amides is 1. The van der Waals surface area contributed by atoms with Crippen molar-refractivity contribution < 1.29 is 9.90 Å². The number of hydrogen-bond acceptors (Lipinski definition) is 2. The van der Waals surface area contributed by atoms with E-state index in [1.807, 2.05) is 12.1 Å². The minimum absolute atomic E-state index is 0.164. The van der Waals surface area contributed by atoms with Gasteiger partial charge in [-0.05, 0) is 36.3 Å². The van der Waals surface area contributed by atoms with Crippen molar-refractivity contribution in [3.8, 4) is 5.75 Å². The molecule has 0 spiro atoms. The molecule has 128 valence electrons. The van der Waals surface area contributed by atoms with Crippen LogP contribution in [0.15, 0.2) is 24.3 Å². The second-order valence-corrected chi connectivity index (χ2v) is 8.04. The predicted octanol–water partition coefficient (Wildman–Crippen LogP) is 5.28. The van der Waals surface area contributed by atoms with Crippen LogP contribution in [0.25, 0.3) is 0 Å². The van der Waals surface area contributed by atoms with E-state index in [9.17, 15) is 9.90 Å². The number of aromatic hydroxyl groups is 1. The molecule has 3 nitrogen and oxygen atoms in total. The number of anilines is 1. The highest BCUT2D eigenvalue weighted by Crippen LogP contribution is 2.42. The zero-order chi connectivity index (χ0) is 18.0. The lowest BCUT2D eigenvalue weighted by atomic mass is 9.76. The molecule has 0 aliphatic rings. The SMILES string of the molecule is C=C(C)C(=O)Nc1cc(C(C)(C)C)c(O)c(C(C)(C)CCC)c1. The number of rotatable bonds is 5. The molecule has 1 amide bonds. The van der Waals surface area contributed by atoms with Crippen LogP contribution in [0, 0.1) is 0 Å². The van der Waals surface area contributed by atoms with Gasteiger partial charge in [0.2, 0.25) is 0 Å². The van der Waals surface area contributed by atoms with Gasteiger partial charge in [0, 0.05) is 22.4 Å². The summed E-state index contributed by atoms with van der Waals surface area (Å²) in [6.07, 6.45) is 1.99. The van der Waals surface area contributed by atoms with Crippen LogP contribution in [0.5, 0.6) is 5.75 Å². The van der Waals surface area contributed by atoms with E-state index in [0.29, 0.717) is 17.0 Å². The van der Waals surface area contributed by atoms with Crippen LogP contribution >= 0.6 is 0 Å². The molecule has 0 unspecified atom stereocenters. The van der Waals surface area contributed by atoms with Gasteiger partial charge in [-0.25, -0.2) is 0 Å². The normalized spacial score (nSPS) is 12.1. The first-order valence-electron chi connectivity index (χ1n) is 8.25. The molecule has 0 aromatic heterocycles. The van der Waals surface area contributed by atoms with Gasteiger partial charge in [0.25, 0.3) is 5.91 Å². The molecular formula is C20H31NO2. The molecule has 0 aliphatic heterocycles. The summed E-state index contributed by atoms with van der Waals surface area (Å²) in [7, 11) is 0. The smallest absolute Gasteiger partial charge is 0.250 e. The Hall–Kier alpha value is -1.77. The molecule has 23 heavy (non-hydrogen) atoms. The van der Waals surface area contributed by atoms with Crippen LogP contribution in [-0.2, 0) is 15.6 Å². The summed E-state index contributed by atoms with van der Waals surface area (Å²) in [6, 6.07) is 3.75. The Morgan fingerprint density at radius 2 is 1.70 bits per heavy atom. The van der Waals surface area contributed by atoms with Crippen molar-refractivity contribution in [1.29, 1.82) is 0 Å². The zero-order valence-corrected chi connectivity index (χ0v) is 15.6. The molecule has 0 saturated heterocycles. The van der Waals surface area contributed by atoms with E-state index < -0.39 is 0 Å². The van der Waals surface area contributed by atoms with Crippen LogP contribution in [0.1, 0.15) is 72.4 Å². The van der Waals surface area contributed by atoms with Crippen molar-refractivity contribution in [2.24, 2.45) is 0 Å². The highest BCUT2D eigenvalue weighted by Gasteiger charge is 2.29. The highest BCUT2D eigenvalue weighted by atomic mass is 16.3. The number of carbonyl (C=O) groups excluding carboxylic acids is 1. The summed E-state index contributed by atoms with van der Waals surface area (Å²) >= 11 is 0. The third-order valence-corrected chi connectivity index (χ3v) is 4.17. The maximum Gasteiger partial charge on any atom is 0.250 e. The molecule has 0 heterocycles. The van der Waals surface area contributed by atoms with Crippen LogP contribution in [-0.4, -0.2) is 11.0 Å². The van der Waals surface area contributed by atoms with Gasteiger partial charge in [-0.3, -0.25) is 4.79 Å². The Balaban J connectivity index is 3.51. The minimum Gasteiger partial charge on any atom is -0.507 e. The van der Waals surface area contributed by atoms with E-state index in [4.69, 9.17) is 0 Å². The fourth-order valence-corrected chi connectivity index (χ4v) is 2.79. The van der Waals surface area contributed by atoms with Crippen molar-refractivity contribution in [2.45, 2.75) is 72.1 Å². The monoisotopic (exact) mass is 317 g/mol. The van der Waals surface area contributed by atoms with E-state index in [1.165, 1.54) is 0 Å². The summed E-state index contributed by atoms with van der Waals surface area (Å²) in [5, 5.41) is 13.7. The van der Waals surface area contributed by atoms with Gasteiger partial charge in [0.15, 0.2) is 0 Å². The van der Waals surface area contributed by atoms with Gasteiger partial charge in [-0.15, -0.1) is 0 Å². The molecule has 1 aromatic carbocycles. The summed E-state index contributed by atoms with van der Waals surface area (Å²) < 4.78 is 0. The van der Waals surface area contributed by atoms with E-state index in [2.05, 4.69) is 53.4 Å². The maximum atomic E-state index is 12.0. The Morgan fingerprint density at radius 1 is 1.17 bits per heavy atom. The fraction of sp³-hybridized carbons (Fsp3) is 0.550. The summed E-state index contributed by atoms with van der Waals surface area (Å²) in [6.45, 7) is 17.9. The molecule has 0 saturated carbocycles. The van der Waals surface area contributed by atoms with Crippen LogP contribution in [0.4, 0.5) is 5.69 Å². The quantitative estimate of drug-likeness (QED) is 0.573. The Morgan fingerprint density at radius 3 is 2.13 bits per heavy atom. The number of phenols is 1. The first-order valence-corrected chi connectivity index (χ1v) is 8.25. The molecule has 1 aromatic rings. The van der Waals surface area contributed by atoms with Crippen LogP contribution in [0.2, 0.25) is 0 Å². The Bertz CT molecular complexity index is 607. The number of carbonyl (C=O) groups is 1. The topological polar surface area (TPSA) is 49.3 Å². The second-order valence-electron chi connectivity index (χ2n) is 8.04. The van der Waals surface area contributed by atoms with Gasteiger partial charge in [-0.2, -0.15) is 0 Å². The minimum atomic E-state index is -0.217. The number of phenolic OH excluding ortho intramolecular Hbond substituents is 1. The summed E-state index contributed by atoms with van der Waals surface area (Å²) in [4.78, 5) is 12.0. The molecule has 0 fully saturated rings. The first-order chi connectivity index (χ1) is 10.4. The third kappa shape index (κ3) is 4.60. The second kappa shape index (κ2) is 6.77. The van der Waals surface area contributed by atoms with Gasteiger partial charge in [0.1, 0.15) is 5.75 Å². The van der Waals surface area contributed by atoms with Crippen molar-refractivity contribution in [1.82, 2.24) is 0 Å². The van der Waals surface area contributed by atoms with E-state index in [0.717, 1.165) is 24.0 Å². The van der Waals surface area contributed by atoms with Crippen LogP contribution in [0.3, 0.4) is 0 Å². The molecule has 0 radical (unpaired) electrons. The molecule has 3 heteroatoms. The molecule has 0 bridgehead atoms. The highest BCUT2D eigenvalue weighted by molar-refractivity contribution is 6.03. The average molecular weight is 317 g/mol. The van der Waals surface area contributed by atoms with Gasteiger partial charge in [-0.1, -0.05) is 54.5 Å². The molecule has 1 rings (SSSR count). The third-order valence-electron chi connectivity index (χ3n) is 4.17. The van der Waals surface area contributed by atoms with Crippen molar-refractivity contribution >= 4 is 11.6 Å². The lowest BCUT2D eigenvalue weighted by Gasteiger charge is -2.30. The van der Waals surface area contributed by atoms with E-state index in [-0.39, 0.29) is 16.7 Å². The van der Waals surface area contributed by atoms with Crippen molar-refractivity contribution in [2.75, 3.05) is 5.32 Å². The van der Waals surface area contributed by atoms with Gasteiger partial charge < -0.3 is 10.4 Å². The van der Waals surface area contributed by atoms with Crippen LogP contribution < -0.4 is 5.32 Å². The van der Waals surface area contributed by atoms with E-state index in [1.54, 1.807) is 6.92 Å². The standard InChI is InChI=1S/C20H31NO2/c1-9-10-20(7,8)16-12-14(21-18(23)13(2)3)11-15(17(16)22)19(4,5)6/h11-12,22H,2,9-10H2,1,3-8H3,(H,21,23). The van der Waals surface area contributed by atoms with Crippen molar-refractivity contribution in [3.05, 3.63) is 35.4 Å². The predicted molar refractivity (Wildman–Crippen MR) is 98.2 cm³/mol. The molecule has 0 aliphatic carbocycles. The summed E-state index contributed by atoms with van der Waals surface area (Å²) in [5.74, 6) is 0.138. The maximum absolute atomic E-state index is 12.0. The average Bonchev–Trinajstić information content (AvgIpc) is 2.38. The molecular weight excluding hydrogens is 286 g/mol. The zero-order valence-electron chi connectivity index (χ0n) is 15.6. The lowest BCUT2D eigenvalue weighted by molar-refractivity contribution is -0.112.